The fourth-order valence-corrected chi connectivity index (χ4v) is 4.02. The van der Waals surface area contributed by atoms with Gasteiger partial charge in [-0.15, -0.1) is 0 Å². The SMILES string of the molecule is O=C(O)[C@H](Cc1ccccc1)N(Cc1ccccc1Br)C(=O)c1ccc(Cl)cc1Cl. The third-order valence-corrected chi connectivity index (χ3v) is 5.98. The van der Waals surface area contributed by atoms with E-state index in [1.54, 1.807) is 6.07 Å². The largest absolute Gasteiger partial charge is 0.480 e. The summed E-state index contributed by atoms with van der Waals surface area (Å²) in [5.41, 5.74) is 1.81. The molecule has 0 heterocycles. The number of carbonyl (C=O) groups excluding carboxylic acids is 1. The summed E-state index contributed by atoms with van der Waals surface area (Å²) in [5, 5.41) is 10.6. The third kappa shape index (κ3) is 5.42. The number of benzene rings is 3. The quantitative estimate of drug-likeness (QED) is 0.421. The minimum atomic E-state index is -1.09. The lowest BCUT2D eigenvalue weighted by Gasteiger charge is -2.30. The van der Waals surface area contributed by atoms with Gasteiger partial charge in [0, 0.05) is 22.5 Å². The molecule has 7 heteroatoms. The first-order valence-corrected chi connectivity index (χ1v) is 10.7. The number of hydrogen-bond donors (Lipinski definition) is 1. The molecule has 0 radical (unpaired) electrons. The zero-order valence-electron chi connectivity index (χ0n) is 15.8. The van der Waals surface area contributed by atoms with E-state index >= 15 is 0 Å². The standard InChI is InChI=1S/C23H18BrCl2NO3/c24-19-9-5-4-8-16(19)14-27(22(28)18-11-10-17(25)13-20(18)26)21(23(29)30)12-15-6-2-1-3-7-15/h1-11,13,21H,12,14H2,(H,29,30)/t21-/m0/s1. The van der Waals surface area contributed by atoms with E-state index in [0.717, 1.165) is 15.6 Å². The van der Waals surface area contributed by atoms with E-state index in [1.165, 1.54) is 17.0 Å². The van der Waals surface area contributed by atoms with Crippen molar-refractivity contribution in [3.05, 3.63) is 104 Å². The van der Waals surface area contributed by atoms with Crippen LogP contribution < -0.4 is 0 Å². The molecular formula is C23H18BrCl2NO3. The summed E-state index contributed by atoms with van der Waals surface area (Å²) in [7, 11) is 0. The van der Waals surface area contributed by atoms with Gasteiger partial charge in [-0.2, -0.15) is 0 Å². The van der Waals surface area contributed by atoms with Gasteiger partial charge >= 0.3 is 5.97 Å². The van der Waals surface area contributed by atoms with E-state index in [9.17, 15) is 14.7 Å². The second-order valence-corrected chi connectivity index (χ2v) is 8.39. The van der Waals surface area contributed by atoms with Crippen molar-refractivity contribution < 1.29 is 14.7 Å². The molecule has 1 atom stereocenters. The molecule has 0 aliphatic rings. The number of rotatable bonds is 7. The summed E-state index contributed by atoms with van der Waals surface area (Å²) >= 11 is 15.7. The molecule has 3 rings (SSSR count). The molecule has 0 aliphatic heterocycles. The Morgan fingerprint density at radius 3 is 2.27 bits per heavy atom. The number of halogens is 3. The first kappa shape index (κ1) is 22.3. The van der Waals surface area contributed by atoms with Crippen molar-refractivity contribution in [1.82, 2.24) is 4.90 Å². The van der Waals surface area contributed by atoms with Crippen LogP contribution in [-0.2, 0) is 17.8 Å². The number of carbonyl (C=O) groups is 2. The van der Waals surface area contributed by atoms with E-state index < -0.39 is 17.9 Å². The molecular weight excluding hydrogens is 489 g/mol. The molecule has 154 valence electrons. The van der Waals surface area contributed by atoms with E-state index in [4.69, 9.17) is 23.2 Å². The van der Waals surface area contributed by atoms with Gasteiger partial charge < -0.3 is 10.0 Å². The Kier molecular flexibility index (Phi) is 7.53. The topological polar surface area (TPSA) is 57.6 Å². The summed E-state index contributed by atoms with van der Waals surface area (Å²) in [6.07, 6.45) is 0.164. The molecule has 0 aromatic heterocycles. The van der Waals surface area contributed by atoms with Crippen LogP contribution in [0.4, 0.5) is 0 Å². The molecule has 0 saturated carbocycles. The Morgan fingerprint density at radius 1 is 0.967 bits per heavy atom. The maximum Gasteiger partial charge on any atom is 0.326 e. The zero-order valence-corrected chi connectivity index (χ0v) is 18.9. The second-order valence-electron chi connectivity index (χ2n) is 6.69. The van der Waals surface area contributed by atoms with Crippen molar-refractivity contribution in [3.63, 3.8) is 0 Å². The minimum Gasteiger partial charge on any atom is -0.480 e. The fourth-order valence-electron chi connectivity index (χ4n) is 3.12. The van der Waals surface area contributed by atoms with Gasteiger partial charge in [0.15, 0.2) is 0 Å². The summed E-state index contributed by atoms with van der Waals surface area (Å²) < 4.78 is 0.786. The maximum atomic E-state index is 13.4. The molecule has 4 nitrogen and oxygen atoms in total. The molecule has 0 bridgehead atoms. The molecule has 1 N–H and O–H groups in total. The van der Waals surface area contributed by atoms with Crippen molar-refractivity contribution in [2.45, 2.75) is 19.0 Å². The van der Waals surface area contributed by atoms with Crippen molar-refractivity contribution in [3.8, 4) is 0 Å². The van der Waals surface area contributed by atoms with Gasteiger partial charge in [-0.25, -0.2) is 4.79 Å². The van der Waals surface area contributed by atoms with Crippen LogP contribution in [0.15, 0.2) is 77.3 Å². The average Bonchev–Trinajstić information content (AvgIpc) is 2.72. The Hall–Kier alpha value is -2.34. The number of nitrogens with zero attached hydrogens (tertiary/aromatic N) is 1. The van der Waals surface area contributed by atoms with Gasteiger partial charge in [-0.3, -0.25) is 4.79 Å². The van der Waals surface area contributed by atoms with Crippen LogP contribution in [0, 0.1) is 0 Å². The average molecular weight is 507 g/mol. The molecule has 30 heavy (non-hydrogen) atoms. The lowest BCUT2D eigenvalue weighted by atomic mass is 10.0. The van der Waals surface area contributed by atoms with Crippen LogP contribution in [-0.4, -0.2) is 27.9 Å². The highest BCUT2D eigenvalue weighted by molar-refractivity contribution is 9.10. The fraction of sp³-hybridized carbons (Fsp3) is 0.130. The van der Waals surface area contributed by atoms with Crippen molar-refractivity contribution >= 4 is 51.0 Å². The van der Waals surface area contributed by atoms with E-state index in [0.29, 0.717) is 5.02 Å². The summed E-state index contributed by atoms with van der Waals surface area (Å²) in [6, 6.07) is 20.1. The Balaban J connectivity index is 2.03. The smallest absolute Gasteiger partial charge is 0.326 e. The highest BCUT2D eigenvalue weighted by Crippen LogP contribution is 2.26. The third-order valence-electron chi connectivity index (χ3n) is 4.65. The molecule has 0 fully saturated rings. The first-order chi connectivity index (χ1) is 14.4. The van der Waals surface area contributed by atoms with E-state index in [-0.39, 0.29) is 23.6 Å². The molecule has 0 spiro atoms. The van der Waals surface area contributed by atoms with Crippen LogP contribution in [0.2, 0.25) is 10.0 Å². The Morgan fingerprint density at radius 2 is 1.63 bits per heavy atom. The van der Waals surface area contributed by atoms with Crippen LogP contribution in [0.25, 0.3) is 0 Å². The van der Waals surface area contributed by atoms with E-state index in [2.05, 4.69) is 15.9 Å². The number of carboxylic acid groups (broad SMARTS) is 1. The first-order valence-electron chi connectivity index (χ1n) is 9.13. The van der Waals surface area contributed by atoms with Crippen LogP contribution >= 0.6 is 39.1 Å². The lowest BCUT2D eigenvalue weighted by molar-refractivity contribution is -0.142. The summed E-state index contributed by atoms with van der Waals surface area (Å²) in [4.78, 5) is 27.0. The monoisotopic (exact) mass is 505 g/mol. The molecule has 0 aliphatic carbocycles. The predicted octanol–water partition coefficient (Wildman–Crippen LogP) is 6.09. The normalized spacial score (nSPS) is 11.7. The van der Waals surface area contributed by atoms with Gasteiger partial charge in [0.1, 0.15) is 6.04 Å². The highest BCUT2D eigenvalue weighted by atomic mass is 79.9. The van der Waals surface area contributed by atoms with Crippen LogP contribution in [0.3, 0.4) is 0 Å². The van der Waals surface area contributed by atoms with Crippen molar-refractivity contribution in [2.24, 2.45) is 0 Å². The summed E-state index contributed by atoms with van der Waals surface area (Å²) in [5.74, 6) is -1.57. The van der Waals surface area contributed by atoms with Gasteiger partial charge in [-0.05, 0) is 35.4 Å². The number of hydrogen-bond acceptors (Lipinski definition) is 2. The lowest BCUT2D eigenvalue weighted by Crippen LogP contribution is -2.46. The molecule has 0 saturated heterocycles. The Bertz CT molecular complexity index is 1060. The Labute approximate surface area is 193 Å². The van der Waals surface area contributed by atoms with Gasteiger partial charge in [-0.1, -0.05) is 87.7 Å². The molecule has 1 amide bonds. The van der Waals surface area contributed by atoms with Crippen LogP contribution in [0.1, 0.15) is 21.5 Å². The number of aliphatic carboxylic acids is 1. The van der Waals surface area contributed by atoms with E-state index in [1.807, 2.05) is 54.6 Å². The second kappa shape index (κ2) is 10.1. The number of amides is 1. The predicted molar refractivity (Wildman–Crippen MR) is 122 cm³/mol. The van der Waals surface area contributed by atoms with Gasteiger partial charge in [0.25, 0.3) is 5.91 Å². The van der Waals surface area contributed by atoms with Gasteiger partial charge in [0.2, 0.25) is 0 Å². The molecule has 0 unspecified atom stereocenters. The highest BCUT2D eigenvalue weighted by Gasteiger charge is 2.32. The van der Waals surface area contributed by atoms with Crippen molar-refractivity contribution in [1.29, 1.82) is 0 Å². The molecule has 3 aromatic carbocycles. The van der Waals surface area contributed by atoms with Gasteiger partial charge in [0.05, 0.1) is 10.6 Å². The minimum absolute atomic E-state index is 0.100. The van der Waals surface area contributed by atoms with Crippen LogP contribution in [0.5, 0.6) is 0 Å². The summed E-state index contributed by atoms with van der Waals surface area (Å²) in [6.45, 7) is 0.100. The maximum absolute atomic E-state index is 13.4. The van der Waals surface area contributed by atoms with Crippen molar-refractivity contribution in [2.75, 3.05) is 0 Å². The molecule has 3 aromatic rings. The zero-order chi connectivity index (χ0) is 21.7. The number of carboxylic acids is 1.